The number of ether oxygens (including phenoxy) is 1. The Labute approximate surface area is 133 Å². The van der Waals surface area contributed by atoms with Crippen molar-refractivity contribution >= 4 is 38.9 Å². The van der Waals surface area contributed by atoms with Gasteiger partial charge in [-0.3, -0.25) is 4.31 Å². The lowest BCUT2D eigenvalue weighted by atomic mass is 10.3. The van der Waals surface area contributed by atoms with E-state index in [1.54, 1.807) is 31.4 Å². The molecule has 4 nitrogen and oxygen atoms in total. The van der Waals surface area contributed by atoms with Gasteiger partial charge in [-0.15, -0.1) is 0 Å². The van der Waals surface area contributed by atoms with Crippen LogP contribution in [0, 0.1) is 0 Å². The zero-order valence-corrected chi connectivity index (χ0v) is 13.7. The van der Waals surface area contributed by atoms with Crippen LogP contribution < -0.4 is 9.04 Å². The third kappa shape index (κ3) is 3.26. The van der Waals surface area contributed by atoms with Crippen LogP contribution in [-0.4, -0.2) is 22.6 Å². The summed E-state index contributed by atoms with van der Waals surface area (Å²) < 4.78 is 31.4. The second-order valence-electron chi connectivity index (χ2n) is 4.25. The molecule has 0 amide bonds. The van der Waals surface area contributed by atoms with Gasteiger partial charge in [0.1, 0.15) is 10.6 Å². The highest BCUT2D eigenvalue weighted by molar-refractivity contribution is 7.93. The second-order valence-corrected chi connectivity index (χ2v) is 7.03. The highest BCUT2D eigenvalue weighted by Gasteiger charge is 2.24. The molecule has 0 aliphatic heterocycles. The van der Waals surface area contributed by atoms with Crippen LogP contribution in [0.2, 0.25) is 10.0 Å². The number of nitrogens with zero attached hydrogens (tertiary/aromatic N) is 1. The first kappa shape index (κ1) is 15.9. The van der Waals surface area contributed by atoms with E-state index in [9.17, 15) is 8.42 Å². The highest BCUT2D eigenvalue weighted by atomic mass is 35.5. The van der Waals surface area contributed by atoms with Gasteiger partial charge < -0.3 is 4.74 Å². The van der Waals surface area contributed by atoms with Crippen molar-refractivity contribution in [3.63, 3.8) is 0 Å². The molecule has 0 atom stereocenters. The molecule has 0 aromatic heterocycles. The van der Waals surface area contributed by atoms with Crippen molar-refractivity contribution in [2.75, 3.05) is 18.5 Å². The maximum atomic E-state index is 12.6. The predicted molar refractivity (Wildman–Crippen MR) is 85.0 cm³/mol. The second kappa shape index (κ2) is 6.13. The van der Waals surface area contributed by atoms with E-state index in [1.807, 2.05) is 0 Å². The molecule has 0 fully saturated rings. The topological polar surface area (TPSA) is 46.6 Å². The maximum absolute atomic E-state index is 12.6. The summed E-state index contributed by atoms with van der Waals surface area (Å²) in [4.78, 5) is -0.0324. The van der Waals surface area contributed by atoms with Crippen LogP contribution in [0.1, 0.15) is 0 Å². The maximum Gasteiger partial charge on any atom is 0.265 e. The van der Waals surface area contributed by atoms with Gasteiger partial charge in [0.25, 0.3) is 10.0 Å². The summed E-state index contributed by atoms with van der Waals surface area (Å²) in [5.74, 6) is 0.644. The summed E-state index contributed by atoms with van der Waals surface area (Å²) >= 11 is 11.8. The molecule has 112 valence electrons. The van der Waals surface area contributed by atoms with Crippen LogP contribution in [-0.2, 0) is 10.0 Å². The number of hydrogen-bond donors (Lipinski definition) is 0. The van der Waals surface area contributed by atoms with Crippen molar-refractivity contribution in [3.8, 4) is 5.75 Å². The number of hydrogen-bond acceptors (Lipinski definition) is 3. The zero-order valence-electron chi connectivity index (χ0n) is 11.4. The van der Waals surface area contributed by atoms with E-state index in [1.165, 1.54) is 25.2 Å². The monoisotopic (exact) mass is 345 g/mol. The van der Waals surface area contributed by atoms with Crippen molar-refractivity contribution in [2.24, 2.45) is 0 Å². The molecule has 7 heteroatoms. The van der Waals surface area contributed by atoms with E-state index in [0.29, 0.717) is 16.5 Å². The van der Waals surface area contributed by atoms with Gasteiger partial charge in [0.05, 0.1) is 17.8 Å². The van der Waals surface area contributed by atoms with Crippen LogP contribution in [0.5, 0.6) is 5.75 Å². The fourth-order valence-corrected chi connectivity index (χ4v) is 3.68. The molecule has 0 unspecified atom stereocenters. The lowest BCUT2D eigenvalue weighted by Crippen LogP contribution is -2.26. The average Bonchev–Trinajstić information content (AvgIpc) is 2.49. The predicted octanol–water partition coefficient (Wildman–Crippen LogP) is 3.83. The van der Waals surface area contributed by atoms with Crippen molar-refractivity contribution in [2.45, 2.75) is 4.90 Å². The molecule has 0 N–H and O–H groups in total. The molecule has 0 radical (unpaired) electrons. The fraction of sp³-hybridized carbons (Fsp3) is 0.143. The Bertz CT molecular complexity index is 745. The molecule has 2 aromatic rings. The fourth-order valence-electron chi connectivity index (χ4n) is 1.75. The molecule has 0 aliphatic carbocycles. The van der Waals surface area contributed by atoms with E-state index in [0.717, 1.165) is 4.31 Å². The lowest BCUT2D eigenvalue weighted by molar-refractivity contribution is 0.415. The highest BCUT2D eigenvalue weighted by Crippen LogP contribution is 2.30. The Hall–Kier alpha value is -1.43. The molecule has 0 aliphatic rings. The molecule has 0 saturated carbocycles. The number of rotatable bonds is 4. The van der Waals surface area contributed by atoms with Crippen molar-refractivity contribution < 1.29 is 13.2 Å². The molecule has 0 heterocycles. The molecular formula is C14H13Cl2NO3S. The Morgan fingerprint density at radius 2 is 1.67 bits per heavy atom. The van der Waals surface area contributed by atoms with Crippen molar-refractivity contribution in [3.05, 3.63) is 52.5 Å². The normalized spacial score (nSPS) is 11.2. The van der Waals surface area contributed by atoms with Crippen molar-refractivity contribution in [1.82, 2.24) is 0 Å². The average molecular weight is 346 g/mol. The zero-order chi connectivity index (χ0) is 15.6. The Morgan fingerprint density at radius 1 is 1.05 bits per heavy atom. The summed E-state index contributed by atoms with van der Waals surface area (Å²) in [5.41, 5.74) is 0.492. The Morgan fingerprint density at radius 3 is 2.24 bits per heavy atom. The van der Waals surface area contributed by atoms with Gasteiger partial charge >= 0.3 is 0 Å². The van der Waals surface area contributed by atoms with E-state index >= 15 is 0 Å². The molecule has 2 rings (SSSR count). The smallest absolute Gasteiger partial charge is 0.265 e. The van der Waals surface area contributed by atoms with Gasteiger partial charge in [-0.05, 0) is 42.5 Å². The van der Waals surface area contributed by atoms with Crippen LogP contribution >= 0.6 is 23.2 Å². The summed E-state index contributed by atoms with van der Waals surface area (Å²) in [6, 6.07) is 11.0. The molecule has 2 aromatic carbocycles. The van der Waals surface area contributed by atoms with Crippen LogP contribution in [0.4, 0.5) is 5.69 Å². The first-order valence-electron chi connectivity index (χ1n) is 5.94. The first-order chi connectivity index (χ1) is 9.86. The largest absolute Gasteiger partial charge is 0.497 e. The lowest BCUT2D eigenvalue weighted by Gasteiger charge is -2.20. The summed E-state index contributed by atoms with van der Waals surface area (Å²) in [6.07, 6.45) is 0. The van der Waals surface area contributed by atoms with E-state index in [2.05, 4.69) is 0 Å². The number of anilines is 1. The third-order valence-corrected chi connectivity index (χ3v) is 5.47. The summed E-state index contributed by atoms with van der Waals surface area (Å²) in [7, 11) is -0.793. The number of halogens is 2. The Kier molecular flexibility index (Phi) is 4.66. The third-order valence-electron chi connectivity index (χ3n) is 2.97. The number of sulfonamides is 1. The van der Waals surface area contributed by atoms with E-state index in [-0.39, 0.29) is 9.92 Å². The van der Waals surface area contributed by atoms with Crippen LogP contribution in [0.3, 0.4) is 0 Å². The van der Waals surface area contributed by atoms with Gasteiger partial charge in [-0.25, -0.2) is 8.42 Å². The SMILES string of the molecule is COc1ccc(N(C)S(=O)(=O)c2cc(Cl)ccc2Cl)cc1. The molecule has 21 heavy (non-hydrogen) atoms. The number of methoxy groups -OCH3 is 1. The molecule has 0 bridgehead atoms. The van der Waals surface area contributed by atoms with Gasteiger partial charge in [0.15, 0.2) is 0 Å². The molecular weight excluding hydrogens is 333 g/mol. The minimum atomic E-state index is -3.79. The van der Waals surface area contributed by atoms with Gasteiger partial charge in [0, 0.05) is 12.1 Å². The quantitative estimate of drug-likeness (QED) is 0.845. The van der Waals surface area contributed by atoms with Crippen LogP contribution in [0.25, 0.3) is 0 Å². The van der Waals surface area contributed by atoms with E-state index in [4.69, 9.17) is 27.9 Å². The standard InChI is InChI=1S/C14H13Cl2NO3S/c1-17(11-4-6-12(20-2)7-5-11)21(18,19)14-9-10(15)3-8-13(14)16/h3-9H,1-2H3. The Balaban J connectivity index is 2.44. The van der Waals surface area contributed by atoms with Gasteiger partial charge in [-0.1, -0.05) is 23.2 Å². The summed E-state index contributed by atoms with van der Waals surface area (Å²) in [5, 5.41) is 0.431. The van der Waals surface area contributed by atoms with Gasteiger partial charge in [-0.2, -0.15) is 0 Å². The minimum Gasteiger partial charge on any atom is -0.497 e. The summed E-state index contributed by atoms with van der Waals surface area (Å²) in [6.45, 7) is 0. The molecule has 0 spiro atoms. The van der Waals surface area contributed by atoms with Gasteiger partial charge in [0.2, 0.25) is 0 Å². The van der Waals surface area contributed by atoms with Crippen LogP contribution in [0.15, 0.2) is 47.4 Å². The number of benzene rings is 2. The first-order valence-corrected chi connectivity index (χ1v) is 8.14. The van der Waals surface area contributed by atoms with E-state index < -0.39 is 10.0 Å². The molecule has 0 saturated heterocycles. The minimum absolute atomic E-state index is 0.0324. The van der Waals surface area contributed by atoms with Crippen molar-refractivity contribution in [1.29, 1.82) is 0 Å².